The van der Waals surface area contributed by atoms with Gasteiger partial charge in [0.25, 0.3) is 0 Å². The molecule has 2 N–H and O–H groups in total. The number of nitrogens with two attached hydrogens (primary N) is 1. The Hall–Kier alpha value is -1.01. The summed E-state index contributed by atoms with van der Waals surface area (Å²) in [7, 11) is 1.87. The highest BCUT2D eigenvalue weighted by Gasteiger charge is 2.12. The third-order valence-electron chi connectivity index (χ3n) is 2.50. The van der Waals surface area contributed by atoms with E-state index in [2.05, 4.69) is 22.1 Å². The SMILES string of the molecule is CCN(Cc1cn(C)nn1)CC(C)C(N)=S. The van der Waals surface area contributed by atoms with Crippen LogP contribution in [-0.4, -0.2) is 38.0 Å². The van der Waals surface area contributed by atoms with Gasteiger partial charge in [0, 0.05) is 32.3 Å². The minimum Gasteiger partial charge on any atom is -0.393 e. The standard InChI is InChI=1S/C10H19N5S/c1-4-15(5-8(2)10(11)16)7-9-6-14(3)13-12-9/h6,8H,4-5,7H2,1-3H3,(H2,11,16). The highest BCUT2D eigenvalue weighted by atomic mass is 32.1. The molecular weight excluding hydrogens is 222 g/mol. The highest BCUT2D eigenvalue weighted by molar-refractivity contribution is 7.80. The number of aryl methyl sites for hydroxylation is 1. The molecule has 1 rings (SSSR count). The third kappa shape index (κ3) is 3.86. The first kappa shape index (κ1) is 13.1. The molecule has 0 aliphatic heterocycles. The second-order valence-electron chi connectivity index (χ2n) is 4.01. The number of hydrogen-bond acceptors (Lipinski definition) is 4. The van der Waals surface area contributed by atoms with E-state index in [-0.39, 0.29) is 5.92 Å². The Bertz CT molecular complexity index is 349. The molecule has 5 nitrogen and oxygen atoms in total. The van der Waals surface area contributed by atoms with Crippen LogP contribution >= 0.6 is 12.2 Å². The van der Waals surface area contributed by atoms with E-state index in [0.29, 0.717) is 4.99 Å². The van der Waals surface area contributed by atoms with Gasteiger partial charge in [0.15, 0.2) is 0 Å². The maximum absolute atomic E-state index is 5.61. The number of thiocarbonyl (C=S) groups is 1. The first-order valence-corrected chi connectivity index (χ1v) is 5.80. The predicted molar refractivity (Wildman–Crippen MR) is 67.9 cm³/mol. The molecule has 0 spiro atoms. The maximum atomic E-state index is 5.61. The zero-order valence-corrected chi connectivity index (χ0v) is 10.9. The predicted octanol–water partition coefficient (Wildman–Crippen LogP) is 0.559. The van der Waals surface area contributed by atoms with Crippen LogP contribution in [-0.2, 0) is 13.6 Å². The van der Waals surface area contributed by atoms with Gasteiger partial charge in [-0.05, 0) is 6.54 Å². The average molecular weight is 241 g/mol. The van der Waals surface area contributed by atoms with E-state index in [4.69, 9.17) is 18.0 Å². The molecule has 0 radical (unpaired) electrons. The average Bonchev–Trinajstić information content (AvgIpc) is 2.62. The fraction of sp³-hybridized carbons (Fsp3) is 0.700. The molecule has 0 saturated carbocycles. The number of aromatic nitrogens is 3. The van der Waals surface area contributed by atoms with Crippen LogP contribution in [0.3, 0.4) is 0 Å². The summed E-state index contributed by atoms with van der Waals surface area (Å²) in [5, 5.41) is 7.97. The van der Waals surface area contributed by atoms with Crippen molar-refractivity contribution in [3.05, 3.63) is 11.9 Å². The van der Waals surface area contributed by atoms with Gasteiger partial charge in [0.2, 0.25) is 0 Å². The molecule has 6 heteroatoms. The molecule has 0 aliphatic carbocycles. The molecule has 1 unspecified atom stereocenters. The lowest BCUT2D eigenvalue weighted by atomic mass is 10.1. The third-order valence-corrected chi connectivity index (χ3v) is 2.90. The molecule has 0 saturated heterocycles. The van der Waals surface area contributed by atoms with Crippen LogP contribution < -0.4 is 5.73 Å². The van der Waals surface area contributed by atoms with E-state index in [0.717, 1.165) is 25.3 Å². The number of nitrogens with zero attached hydrogens (tertiary/aromatic N) is 4. The molecule has 90 valence electrons. The lowest BCUT2D eigenvalue weighted by Gasteiger charge is -2.22. The lowest BCUT2D eigenvalue weighted by molar-refractivity contribution is 0.261. The summed E-state index contributed by atoms with van der Waals surface area (Å²) in [5.74, 6) is 0.228. The zero-order chi connectivity index (χ0) is 12.1. The molecular formula is C10H19N5S. The van der Waals surface area contributed by atoms with Gasteiger partial charge in [-0.15, -0.1) is 5.10 Å². The van der Waals surface area contributed by atoms with E-state index < -0.39 is 0 Å². The van der Waals surface area contributed by atoms with Gasteiger partial charge in [-0.25, -0.2) is 0 Å². The minimum atomic E-state index is 0.228. The van der Waals surface area contributed by atoms with Crippen molar-refractivity contribution in [1.82, 2.24) is 19.9 Å². The van der Waals surface area contributed by atoms with Gasteiger partial charge in [-0.3, -0.25) is 9.58 Å². The van der Waals surface area contributed by atoms with Gasteiger partial charge < -0.3 is 5.73 Å². The van der Waals surface area contributed by atoms with E-state index in [1.807, 2.05) is 20.2 Å². The summed E-state index contributed by atoms with van der Waals surface area (Å²) in [4.78, 5) is 2.82. The van der Waals surface area contributed by atoms with E-state index in [9.17, 15) is 0 Å². The molecule has 0 amide bonds. The number of hydrogen-bond donors (Lipinski definition) is 1. The highest BCUT2D eigenvalue weighted by Crippen LogP contribution is 2.05. The van der Waals surface area contributed by atoms with Gasteiger partial charge >= 0.3 is 0 Å². The van der Waals surface area contributed by atoms with Crippen LogP contribution in [0.25, 0.3) is 0 Å². The second kappa shape index (κ2) is 5.91. The Balaban J connectivity index is 2.52. The van der Waals surface area contributed by atoms with Gasteiger partial charge in [0.1, 0.15) is 0 Å². The quantitative estimate of drug-likeness (QED) is 0.737. The molecule has 1 atom stereocenters. The minimum absolute atomic E-state index is 0.228. The van der Waals surface area contributed by atoms with Crippen LogP contribution in [0.5, 0.6) is 0 Å². The summed E-state index contributed by atoms with van der Waals surface area (Å²) >= 11 is 4.97. The van der Waals surface area contributed by atoms with E-state index >= 15 is 0 Å². The largest absolute Gasteiger partial charge is 0.393 e. The summed E-state index contributed by atoms with van der Waals surface area (Å²) < 4.78 is 1.71. The van der Waals surface area contributed by atoms with Crippen molar-refractivity contribution < 1.29 is 0 Å². The molecule has 1 aromatic rings. The molecule has 0 aromatic carbocycles. The maximum Gasteiger partial charge on any atom is 0.0967 e. The van der Waals surface area contributed by atoms with Crippen LogP contribution in [0.2, 0.25) is 0 Å². The second-order valence-corrected chi connectivity index (χ2v) is 4.49. The van der Waals surface area contributed by atoms with Crippen molar-refractivity contribution in [2.24, 2.45) is 18.7 Å². The van der Waals surface area contributed by atoms with Crippen LogP contribution in [0, 0.1) is 5.92 Å². The molecule has 1 heterocycles. The van der Waals surface area contributed by atoms with E-state index in [1.54, 1.807) is 4.68 Å². The number of rotatable bonds is 6. The van der Waals surface area contributed by atoms with Crippen molar-refractivity contribution in [3.63, 3.8) is 0 Å². The Labute approximate surface area is 102 Å². The van der Waals surface area contributed by atoms with Crippen molar-refractivity contribution in [2.75, 3.05) is 13.1 Å². The Kier molecular flexibility index (Phi) is 4.82. The molecule has 0 aliphatic rings. The van der Waals surface area contributed by atoms with Crippen molar-refractivity contribution in [1.29, 1.82) is 0 Å². The smallest absolute Gasteiger partial charge is 0.0967 e. The van der Waals surface area contributed by atoms with Gasteiger partial charge in [0.05, 0.1) is 10.7 Å². The summed E-state index contributed by atoms with van der Waals surface area (Å²) in [6.45, 7) is 6.76. The molecule has 1 aromatic heterocycles. The normalized spacial score (nSPS) is 13.0. The van der Waals surface area contributed by atoms with Crippen LogP contribution in [0.4, 0.5) is 0 Å². The molecule has 0 fully saturated rings. The van der Waals surface area contributed by atoms with E-state index in [1.165, 1.54) is 0 Å². The molecule has 0 bridgehead atoms. The fourth-order valence-corrected chi connectivity index (χ4v) is 1.55. The summed E-state index contributed by atoms with van der Waals surface area (Å²) in [5.41, 5.74) is 6.58. The molecule has 16 heavy (non-hydrogen) atoms. The Morgan fingerprint density at radius 3 is 2.81 bits per heavy atom. The van der Waals surface area contributed by atoms with Crippen molar-refractivity contribution in [2.45, 2.75) is 20.4 Å². The monoisotopic (exact) mass is 241 g/mol. The van der Waals surface area contributed by atoms with Crippen molar-refractivity contribution >= 4 is 17.2 Å². The summed E-state index contributed by atoms with van der Waals surface area (Å²) in [6.07, 6.45) is 1.92. The fourth-order valence-electron chi connectivity index (χ4n) is 1.48. The lowest BCUT2D eigenvalue weighted by Crippen LogP contribution is -2.33. The Morgan fingerprint density at radius 2 is 2.38 bits per heavy atom. The zero-order valence-electron chi connectivity index (χ0n) is 10.1. The Morgan fingerprint density at radius 1 is 1.69 bits per heavy atom. The van der Waals surface area contributed by atoms with Gasteiger partial charge in [-0.1, -0.05) is 31.3 Å². The first-order valence-electron chi connectivity index (χ1n) is 5.39. The van der Waals surface area contributed by atoms with Gasteiger partial charge in [-0.2, -0.15) is 0 Å². The van der Waals surface area contributed by atoms with Crippen LogP contribution in [0.15, 0.2) is 6.20 Å². The van der Waals surface area contributed by atoms with Crippen LogP contribution in [0.1, 0.15) is 19.5 Å². The van der Waals surface area contributed by atoms with Crippen molar-refractivity contribution in [3.8, 4) is 0 Å². The first-order chi connectivity index (χ1) is 7.52. The topological polar surface area (TPSA) is 60.0 Å². The summed E-state index contributed by atoms with van der Waals surface area (Å²) in [6, 6.07) is 0.